The van der Waals surface area contributed by atoms with Crippen molar-refractivity contribution >= 4 is 33.4 Å². The van der Waals surface area contributed by atoms with E-state index in [1.807, 2.05) is 48.5 Å². The smallest absolute Gasteiger partial charge is 0.174 e. The van der Waals surface area contributed by atoms with Crippen molar-refractivity contribution in [3.8, 4) is 11.8 Å². The normalized spacial score (nSPS) is 10.9. The molecule has 0 fully saturated rings. The van der Waals surface area contributed by atoms with E-state index in [-0.39, 0.29) is 6.61 Å². The molecule has 3 nitrogen and oxygen atoms in total. The van der Waals surface area contributed by atoms with Gasteiger partial charge in [-0.2, -0.15) is 5.26 Å². The van der Waals surface area contributed by atoms with E-state index in [0.29, 0.717) is 10.8 Å². The summed E-state index contributed by atoms with van der Waals surface area (Å²) in [6, 6.07) is 24.4. The number of ether oxygens (including phenoxy) is 1. The van der Waals surface area contributed by atoms with Gasteiger partial charge in [-0.15, -0.1) is 0 Å². The topological polar surface area (TPSA) is 37.9 Å². The molecule has 122 valence electrons. The Labute approximate surface area is 150 Å². The third-order valence-electron chi connectivity index (χ3n) is 4.31. The molecule has 0 aliphatic heterocycles. The first-order valence-electron chi connectivity index (χ1n) is 8.02. The molecule has 4 rings (SSSR count). The van der Waals surface area contributed by atoms with Gasteiger partial charge in [0.2, 0.25) is 0 Å². The van der Waals surface area contributed by atoms with Crippen molar-refractivity contribution in [3.63, 3.8) is 0 Å². The van der Waals surface area contributed by atoms with Crippen molar-refractivity contribution in [2.24, 2.45) is 0 Å². The Kier molecular flexibility index (Phi) is 4.05. The maximum atomic E-state index is 8.88. The summed E-state index contributed by atoms with van der Waals surface area (Å²) in [6.45, 7) is 0.723. The van der Waals surface area contributed by atoms with Gasteiger partial charge in [-0.25, -0.2) is 0 Å². The summed E-state index contributed by atoms with van der Waals surface area (Å²) >= 11 is 6.37. The Morgan fingerprint density at radius 3 is 2.48 bits per heavy atom. The van der Waals surface area contributed by atoms with Crippen molar-refractivity contribution in [1.82, 2.24) is 4.57 Å². The first-order chi connectivity index (χ1) is 12.3. The fourth-order valence-corrected chi connectivity index (χ4v) is 3.48. The van der Waals surface area contributed by atoms with Crippen LogP contribution in [0.1, 0.15) is 5.56 Å². The van der Waals surface area contributed by atoms with E-state index in [1.54, 1.807) is 0 Å². The second kappa shape index (κ2) is 6.51. The average Bonchev–Trinajstić information content (AvgIpc) is 2.96. The van der Waals surface area contributed by atoms with Gasteiger partial charge in [-0.05, 0) is 23.8 Å². The molecule has 1 aromatic heterocycles. The number of para-hydroxylation sites is 1. The van der Waals surface area contributed by atoms with E-state index >= 15 is 0 Å². The van der Waals surface area contributed by atoms with Crippen LogP contribution in [-0.2, 0) is 6.54 Å². The highest BCUT2D eigenvalue weighted by Crippen LogP contribution is 2.40. The van der Waals surface area contributed by atoms with E-state index in [4.69, 9.17) is 21.6 Å². The van der Waals surface area contributed by atoms with Crippen LogP contribution in [0.5, 0.6) is 5.75 Å². The van der Waals surface area contributed by atoms with E-state index in [1.165, 1.54) is 5.56 Å². The molecule has 1 heterocycles. The molecule has 0 radical (unpaired) electrons. The van der Waals surface area contributed by atoms with Crippen molar-refractivity contribution in [2.45, 2.75) is 6.54 Å². The number of hydrogen-bond acceptors (Lipinski definition) is 2. The number of nitriles is 1. The third-order valence-corrected chi connectivity index (χ3v) is 4.60. The second-order valence-corrected chi connectivity index (χ2v) is 6.21. The summed E-state index contributed by atoms with van der Waals surface area (Å²) in [7, 11) is 0. The van der Waals surface area contributed by atoms with E-state index in [9.17, 15) is 0 Å². The van der Waals surface area contributed by atoms with Gasteiger partial charge in [0, 0.05) is 17.4 Å². The Morgan fingerprint density at radius 1 is 0.920 bits per heavy atom. The highest BCUT2D eigenvalue weighted by atomic mass is 35.5. The number of fused-ring (bicyclic) bond motifs is 3. The van der Waals surface area contributed by atoms with Crippen LogP contribution in [0.25, 0.3) is 21.8 Å². The molecule has 4 aromatic rings. The van der Waals surface area contributed by atoms with Gasteiger partial charge in [0.15, 0.2) is 6.61 Å². The summed E-state index contributed by atoms with van der Waals surface area (Å²) in [5, 5.41) is 11.4. The van der Waals surface area contributed by atoms with Gasteiger partial charge >= 0.3 is 0 Å². The van der Waals surface area contributed by atoms with E-state index < -0.39 is 0 Å². The van der Waals surface area contributed by atoms with Crippen LogP contribution in [-0.4, -0.2) is 11.2 Å². The van der Waals surface area contributed by atoms with Gasteiger partial charge in [-0.3, -0.25) is 0 Å². The third kappa shape index (κ3) is 2.71. The fourth-order valence-electron chi connectivity index (χ4n) is 3.26. The van der Waals surface area contributed by atoms with Crippen molar-refractivity contribution < 1.29 is 4.74 Å². The Balaban J connectivity index is 2.00. The number of halogens is 1. The molecule has 0 aliphatic carbocycles. The molecule has 0 atom stereocenters. The first kappa shape index (κ1) is 15.6. The minimum atomic E-state index is -0.0307. The maximum absolute atomic E-state index is 8.88. The van der Waals surface area contributed by atoms with Crippen molar-refractivity contribution in [1.29, 1.82) is 5.26 Å². The minimum absolute atomic E-state index is 0.0307. The van der Waals surface area contributed by atoms with Crippen LogP contribution in [0, 0.1) is 11.3 Å². The molecule has 3 aromatic carbocycles. The zero-order valence-corrected chi connectivity index (χ0v) is 14.2. The van der Waals surface area contributed by atoms with Crippen LogP contribution in [0.15, 0.2) is 66.7 Å². The quantitative estimate of drug-likeness (QED) is 0.496. The van der Waals surface area contributed by atoms with Crippen LogP contribution in [0.3, 0.4) is 0 Å². The molecular weight excluding hydrogens is 332 g/mol. The van der Waals surface area contributed by atoms with Crippen LogP contribution in [0.4, 0.5) is 0 Å². The van der Waals surface area contributed by atoms with Crippen molar-refractivity contribution in [3.05, 3.63) is 77.3 Å². The molecule has 0 bridgehead atoms. The van der Waals surface area contributed by atoms with Gasteiger partial charge in [0.1, 0.15) is 11.8 Å². The molecule has 0 saturated carbocycles. The molecule has 0 N–H and O–H groups in total. The number of nitrogens with zero attached hydrogens (tertiary/aromatic N) is 2. The van der Waals surface area contributed by atoms with Gasteiger partial charge < -0.3 is 9.30 Å². The summed E-state index contributed by atoms with van der Waals surface area (Å²) < 4.78 is 7.92. The molecule has 4 heteroatoms. The molecule has 0 unspecified atom stereocenters. The largest absolute Gasteiger partial charge is 0.476 e. The highest BCUT2D eigenvalue weighted by Gasteiger charge is 2.17. The summed E-state index contributed by atoms with van der Waals surface area (Å²) in [5.41, 5.74) is 3.38. The Morgan fingerprint density at radius 2 is 1.68 bits per heavy atom. The van der Waals surface area contributed by atoms with Crippen molar-refractivity contribution in [2.75, 3.05) is 6.61 Å². The highest BCUT2D eigenvalue weighted by molar-refractivity contribution is 6.34. The molecular formula is C21H15ClN2O. The number of benzene rings is 3. The average molecular weight is 347 g/mol. The maximum Gasteiger partial charge on any atom is 0.174 e. The molecule has 25 heavy (non-hydrogen) atoms. The van der Waals surface area contributed by atoms with Gasteiger partial charge in [0.05, 0.1) is 15.9 Å². The number of rotatable bonds is 4. The molecule has 0 aliphatic rings. The SMILES string of the molecule is N#CCOc1c(Cl)ccc2c1c1ccccc1n2Cc1ccccc1. The van der Waals surface area contributed by atoms with E-state index in [2.05, 4.69) is 28.8 Å². The summed E-state index contributed by atoms with van der Waals surface area (Å²) in [6.07, 6.45) is 0. The van der Waals surface area contributed by atoms with Crippen LogP contribution in [0.2, 0.25) is 5.02 Å². The Bertz CT molecular complexity index is 1090. The van der Waals surface area contributed by atoms with Crippen LogP contribution >= 0.6 is 11.6 Å². The minimum Gasteiger partial charge on any atom is -0.476 e. The van der Waals surface area contributed by atoms with Gasteiger partial charge in [0.25, 0.3) is 0 Å². The monoisotopic (exact) mass is 346 g/mol. The zero-order chi connectivity index (χ0) is 17.2. The lowest BCUT2D eigenvalue weighted by Crippen LogP contribution is -1.99. The number of aromatic nitrogens is 1. The lowest BCUT2D eigenvalue weighted by Gasteiger charge is -2.09. The summed E-state index contributed by atoms with van der Waals surface area (Å²) in [5.74, 6) is 0.573. The predicted molar refractivity (Wildman–Crippen MR) is 101 cm³/mol. The second-order valence-electron chi connectivity index (χ2n) is 5.81. The number of hydrogen-bond donors (Lipinski definition) is 0. The van der Waals surface area contributed by atoms with Crippen LogP contribution < -0.4 is 4.74 Å². The zero-order valence-electron chi connectivity index (χ0n) is 13.4. The van der Waals surface area contributed by atoms with E-state index in [0.717, 1.165) is 28.4 Å². The molecule has 0 amide bonds. The Hall–Kier alpha value is -2.96. The lowest BCUT2D eigenvalue weighted by molar-refractivity contribution is 0.373. The molecule has 0 spiro atoms. The predicted octanol–water partition coefficient (Wildman–Crippen LogP) is 5.40. The first-order valence-corrected chi connectivity index (χ1v) is 8.40. The lowest BCUT2D eigenvalue weighted by atomic mass is 10.1. The van der Waals surface area contributed by atoms with Gasteiger partial charge in [-0.1, -0.05) is 60.1 Å². The fraction of sp³-hybridized carbons (Fsp3) is 0.0952. The molecule has 0 saturated heterocycles. The standard InChI is InChI=1S/C21H15ClN2O/c22-17-10-11-19-20(21(17)25-13-12-23)16-8-4-5-9-18(16)24(19)14-15-6-2-1-3-7-15/h1-11H,13-14H2. The summed E-state index contributed by atoms with van der Waals surface area (Å²) in [4.78, 5) is 0.